The van der Waals surface area contributed by atoms with Crippen molar-refractivity contribution >= 4 is 11.9 Å². The molecule has 1 atom stereocenters. The Labute approximate surface area is 198 Å². The first-order chi connectivity index (χ1) is 16.3. The average molecular weight is 465 g/mol. The number of anilines is 1. The van der Waals surface area contributed by atoms with E-state index in [9.17, 15) is 9.90 Å². The molecule has 1 saturated heterocycles. The van der Waals surface area contributed by atoms with E-state index in [1.54, 1.807) is 41.7 Å². The van der Waals surface area contributed by atoms with E-state index in [-0.39, 0.29) is 23.8 Å². The quantitative estimate of drug-likeness (QED) is 0.551. The van der Waals surface area contributed by atoms with Crippen LogP contribution in [0.3, 0.4) is 0 Å². The van der Waals surface area contributed by atoms with E-state index in [0.717, 1.165) is 12.8 Å². The molecule has 10 nitrogen and oxygen atoms in total. The van der Waals surface area contributed by atoms with Crippen molar-refractivity contribution in [3.05, 3.63) is 49.2 Å². The lowest BCUT2D eigenvalue weighted by Crippen LogP contribution is -2.42. The fourth-order valence-corrected chi connectivity index (χ4v) is 3.62. The number of ether oxygens (including phenoxy) is 2. The third-order valence-corrected chi connectivity index (χ3v) is 5.14. The number of phenolic OH excluding ortho intramolecular Hbond substituents is 1. The molecule has 2 aromatic heterocycles. The van der Waals surface area contributed by atoms with Crippen LogP contribution in [-0.2, 0) is 4.74 Å². The smallest absolute Gasteiger partial charge is 0.410 e. The van der Waals surface area contributed by atoms with Crippen LogP contribution in [0.5, 0.6) is 17.4 Å². The van der Waals surface area contributed by atoms with Crippen LogP contribution in [0, 0.1) is 0 Å². The largest absolute Gasteiger partial charge is 0.508 e. The molecule has 1 aromatic carbocycles. The monoisotopic (exact) mass is 464 g/mol. The number of benzene rings is 1. The highest BCUT2D eigenvalue weighted by Gasteiger charge is 2.32. The number of carbonyl (C=O) groups excluding carboxylic acids is 1. The maximum Gasteiger partial charge on any atom is 0.410 e. The fourth-order valence-electron chi connectivity index (χ4n) is 3.62. The number of aromatic nitrogens is 4. The van der Waals surface area contributed by atoms with Gasteiger partial charge in [-0.05, 0) is 45.7 Å². The van der Waals surface area contributed by atoms with Crippen LogP contribution in [0.4, 0.5) is 10.6 Å². The summed E-state index contributed by atoms with van der Waals surface area (Å²) in [7, 11) is 0. The maximum atomic E-state index is 12.6. The molecule has 0 aliphatic carbocycles. The first kappa shape index (κ1) is 23.2. The summed E-state index contributed by atoms with van der Waals surface area (Å²) < 4.78 is 11.5. The number of amides is 1. The Hall–Kier alpha value is -3.95. The van der Waals surface area contributed by atoms with Crippen LogP contribution in [-0.4, -0.2) is 60.8 Å². The number of rotatable bonds is 6. The average Bonchev–Trinajstić information content (AvgIpc) is 3.27. The van der Waals surface area contributed by atoms with Gasteiger partial charge in [0.05, 0.1) is 17.9 Å². The lowest BCUT2D eigenvalue weighted by Gasteiger charge is -2.28. The lowest BCUT2D eigenvalue weighted by molar-refractivity contribution is 0.0235. The minimum Gasteiger partial charge on any atom is -0.508 e. The number of hydrogen-bond acceptors (Lipinski definition) is 9. The van der Waals surface area contributed by atoms with E-state index in [2.05, 4.69) is 25.3 Å². The molecule has 1 aliphatic heterocycles. The minimum absolute atomic E-state index is 0.0486. The van der Waals surface area contributed by atoms with Crippen molar-refractivity contribution in [2.75, 3.05) is 18.4 Å². The van der Waals surface area contributed by atoms with Gasteiger partial charge in [0.1, 0.15) is 23.4 Å². The molecule has 0 radical (unpaired) electrons. The number of phenols is 1. The van der Waals surface area contributed by atoms with Crippen LogP contribution in [0.25, 0.3) is 11.3 Å². The third kappa shape index (κ3) is 5.89. The Morgan fingerprint density at radius 3 is 2.76 bits per heavy atom. The summed E-state index contributed by atoms with van der Waals surface area (Å²) in [5.41, 5.74) is 0.675. The van der Waals surface area contributed by atoms with Gasteiger partial charge in [-0.1, -0.05) is 6.07 Å². The Bertz CT molecular complexity index is 1140. The van der Waals surface area contributed by atoms with Gasteiger partial charge in [-0.25, -0.2) is 24.7 Å². The minimum atomic E-state index is -0.553. The molecule has 1 aliphatic rings. The Morgan fingerprint density at radius 2 is 2.03 bits per heavy atom. The fraction of sp³-hybridized carbons (Fsp3) is 0.375. The zero-order valence-corrected chi connectivity index (χ0v) is 19.4. The molecule has 2 N–H and O–H groups in total. The number of nitrogens with zero attached hydrogens (tertiary/aromatic N) is 5. The van der Waals surface area contributed by atoms with Crippen molar-refractivity contribution in [1.82, 2.24) is 24.8 Å². The Kier molecular flexibility index (Phi) is 6.76. The molecule has 1 fully saturated rings. The molecule has 3 aromatic rings. The van der Waals surface area contributed by atoms with Gasteiger partial charge in [-0.15, -0.1) is 0 Å². The van der Waals surface area contributed by atoms with Crippen molar-refractivity contribution in [2.45, 2.75) is 45.3 Å². The normalized spacial score (nSPS) is 15.7. The topological polar surface area (TPSA) is 123 Å². The van der Waals surface area contributed by atoms with Crippen LogP contribution >= 0.6 is 0 Å². The maximum absolute atomic E-state index is 12.6. The Balaban J connectivity index is 1.55. The molecule has 178 valence electrons. The number of likely N-dealkylation sites (tertiary alicyclic amines) is 1. The molecular formula is C24H28N6O4. The SMILES string of the molecule is CC(C)(C)OC(=O)N1CCCC1CNc1ncc(-c2cncnc2)nc1Oc1cccc(O)c1. The van der Waals surface area contributed by atoms with E-state index >= 15 is 0 Å². The van der Waals surface area contributed by atoms with Crippen LogP contribution in [0.2, 0.25) is 0 Å². The Morgan fingerprint density at radius 1 is 1.24 bits per heavy atom. The highest BCUT2D eigenvalue weighted by Crippen LogP contribution is 2.30. The summed E-state index contributed by atoms with van der Waals surface area (Å²) in [6.07, 6.45) is 7.75. The first-order valence-corrected chi connectivity index (χ1v) is 11.1. The van der Waals surface area contributed by atoms with Crippen molar-refractivity contribution in [3.63, 3.8) is 0 Å². The van der Waals surface area contributed by atoms with Crippen LogP contribution < -0.4 is 10.1 Å². The first-order valence-electron chi connectivity index (χ1n) is 11.1. The molecule has 1 unspecified atom stereocenters. The van der Waals surface area contributed by atoms with Gasteiger partial charge in [0.15, 0.2) is 5.82 Å². The summed E-state index contributed by atoms with van der Waals surface area (Å²) in [6, 6.07) is 6.39. The second kappa shape index (κ2) is 9.90. The van der Waals surface area contributed by atoms with Gasteiger partial charge in [-0.3, -0.25) is 0 Å². The van der Waals surface area contributed by atoms with Crippen molar-refractivity contribution in [1.29, 1.82) is 0 Å². The summed E-state index contributed by atoms with van der Waals surface area (Å²) in [5, 5.41) is 13.1. The predicted molar refractivity (Wildman–Crippen MR) is 126 cm³/mol. The zero-order valence-electron chi connectivity index (χ0n) is 19.4. The molecule has 3 heterocycles. The van der Waals surface area contributed by atoms with Gasteiger partial charge >= 0.3 is 6.09 Å². The molecule has 34 heavy (non-hydrogen) atoms. The molecule has 0 bridgehead atoms. The summed E-state index contributed by atoms with van der Waals surface area (Å²) >= 11 is 0. The van der Waals surface area contributed by atoms with Gasteiger partial charge in [0, 0.05) is 37.1 Å². The van der Waals surface area contributed by atoms with E-state index in [1.807, 2.05) is 20.8 Å². The molecule has 4 rings (SSSR count). The number of aromatic hydroxyl groups is 1. The molecule has 0 spiro atoms. The summed E-state index contributed by atoms with van der Waals surface area (Å²) in [4.78, 5) is 31.5. The van der Waals surface area contributed by atoms with E-state index in [0.29, 0.717) is 35.9 Å². The van der Waals surface area contributed by atoms with Gasteiger partial charge in [0.25, 0.3) is 5.88 Å². The number of nitrogens with one attached hydrogen (secondary N) is 1. The highest BCUT2D eigenvalue weighted by atomic mass is 16.6. The van der Waals surface area contributed by atoms with E-state index < -0.39 is 5.60 Å². The van der Waals surface area contributed by atoms with Crippen molar-refractivity contribution in [3.8, 4) is 28.6 Å². The summed E-state index contributed by atoms with van der Waals surface area (Å²) in [5.74, 6) is 1.13. The van der Waals surface area contributed by atoms with E-state index in [1.165, 1.54) is 12.4 Å². The lowest BCUT2D eigenvalue weighted by atomic mass is 10.2. The van der Waals surface area contributed by atoms with Gasteiger partial charge < -0.3 is 24.8 Å². The molecular weight excluding hydrogens is 436 g/mol. The molecule has 0 saturated carbocycles. The standard InChI is InChI=1S/C24H28N6O4/c1-24(2,3)34-23(32)30-9-5-6-17(30)13-27-21-22(33-19-8-4-7-18(31)10-19)29-20(14-28-21)16-11-25-15-26-12-16/h4,7-8,10-12,14-15,17,31H,5-6,9,13H2,1-3H3,(H,27,28). The highest BCUT2D eigenvalue weighted by molar-refractivity contribution is 5.69. The second-order valence-electron chi connectivity index (χ2n) is 8.99. The number of carbonyl (C=O) groups is 1. The van der Waals surface area contributed by atoms with Crippen LogP contribution in [0.1, 0.15) is 33.6 Å². The molecule has 1 amide bonds. The second-order valence-corrected chi connectivity index (χ2v) is 8.99. The zero-order chi connectivity index (χ0) is 24.1. The molecule has 10 heteroatoms. The van der Waals surface area contributed by atoms with Crippen LogP contribution in [0.15, 0.2) is 49.2 Å². The van der Waals surface area contributed by atoms with Crippen molar-refractivity contribution < 1.29 is 19.4 Å². The predicted octanol–water partition coefficient (Wildman–Crippen LogP) is 4.24. The summed E-state index contributed by atoms with van der Waals surface area (Å²) in [6.45, 7) is 6.67. The van der Waals surface area contributed by atoms with Gasteiger partial charge in [-0.2, -0.15) is 0 Å². The van der Waals surface area contributed by atoms with Gasteiger partial charge in [0.2, 0.25) is 0 Å². The third-order valence-electron chi connectivity index (χ3n) is 5.14. The number of hydrogen-bond donors (Lipinski definition) is 2. The van der Waals surface area contributed by atoms with Crippen molar-refractivity contribution in [2.24, 2.45) is 0 Å². The van der Waals surface area contributed by atoms with E-state index in [4.69, 9.17) is 9.47 Å².